The van der Waals surface area contributed by atoms with Crippen molar-refractivity contribution in [3.8, 4) is 5.75 Å². The first-order valence-electron chi connectivity index (χ1n) is 9.54. The Labute approximate surface area is 175 Å². The van der Waals surface area contributed by atoms with Gasteiger partial charge < -0.3 is 15.4 Å². The Morgan fingerprint density at radius 2 is 2.08 bits per heavy atom. The van der Waals surface area contributed by atoms with Crippen LogP contribution in [0.5, 0.6) is 5.75 Å². The molecule has 0 bridgehead atoms. The van der Waals surface area contributed by atoms with Crippen molar-refractivity contribution in [2.75, 3.05) is 40.3 Å². The van der Waals surface area contributed by atoms with Crippen molar-refractivity contribution in [1.82, 2.24) is 15.5 Å². The molecular formula is C20H33IN4O. The molecule has 1 aromatic rings. The van der Waals surface area contributed by atoms with E-state index in [-0.39, 0.29) is 29.4 Å². The zero-order chi connectivity index (χ0) is 17.7. The van der Waals surface area contributed by atoms with E-state index in [4.69, 9.17) is 4.74 Å². The lowest BCUT2D eigenvalue weighted by Crippen LogP contribution is -2.46. The van der Waals surface area contributed by atoms with Crippen LogP contribution in [0.2, 0.25) is 0 Å². The van der Waals surface area contributed by atoms with Crippen molar-refractivity contribution in [2.24, 2.45) is 4.99 Å². The SMILES string of the molecule is CCN1CCCC1CNC(=NC)NCC1(c2ccccc2OC)CC1.I. The first-order valence-corrected chi connectivity index (χ1v) is 9.54. The molecule has 0 amide bonds. The van der Waals surface area contributed by atoms with E-state index >= 15 is 0 Å². The van der Waals surface area contributed by atoms with E-state index in [1.54, 1.807) is 7.11 Å². The minimum Gasteiger partial charge on any atom is -0.496 e. The predicted molar refractivity (Wildman–Crippen MR) is 119 cm³/mol. The molecule has 6 heteroatoms. The van der Waals surface area contributed by atoms with Crippen LogP contribution in [-0.2, 0) is 5.41 Å². The normalized spacial score (nSPS) is 21.8. The zero-order valence-electron chi connectivity index (χ0n) is 16.3. The first kappa shape index (κ1) is 21.3. The number of nitrogens with one attached hydrogen (secondary N) is 2. The van der Waals surface area contributed by atoms with Gasteiger partial charge in [-0.25, -0.2) is 0 Å². The predicted octanol–water partition coefficient (Wildman–Crippen LogP) is 2.99. The van der Waals surface area contributed by atoms with Crippen LogP contribution in [0.15, 0.2) is 29.3 Å². The van der Waals surface area contributed by atoms with Gasteiger partial charge in [0.25, 0.3) is 0 Å². The van der Waals surface area contributed by atoms with Gasteiger partial charge in [0.1, 0.15) is 5.75 Å². The number of aliphatic imine (C=N–C) groups is 1. The lowest BCUT2D eigenvalue weighted by Gasteiger charge is -2.25. The molecule has 1 atom stereocenters. The number of para-hydroxylation sites is 1. The van der Waals surface area contributed by atoms with Gasteiger partial charge in [-0.3, -0.25) is 9.89 Å². The Hall–Kier alpha value is -1.02. The van der Waals surface area contributed by atoms with E-state index in [9.17, 15) is 0 Å². The number of likely N-dealkylation sites (tertiary alicyclic amines) is 1. The molecule has 1 unspecified atom stereocenters. The third kappa shape index (κ3) is 4.82. The maximum absolute atomic E-state index is 5.56. The monoisotopic (exact) mass is 472 g/mol. The summed E-state index contributed by atoms with van der Waals surface area (Å²) in [6, 6.07) is 9.02. The molecule has 1 saturated carbocycles. The number of nitrogens with zero attached hydrogens (tertiary/aromatic N) is 2. The number of likely N-dealkylation sites (N-methyl/N-ethyl adjacent to an activating group) is 1. The van der Waals surface area contributed by atoms with Crippen LogP contribution in [0.25, 0.3) is 0 Å². The van der Waals surface area contributed by atoms with E-state index < -0.39 is 0 Å². The van der Waals surface area contributed by atoms with Gasteiger partial charge in [-0.2, -0.15) is 0 Å². The zero-order valence-corrected chi connectivity index (χ0v) is 18.6. The Kier molecular flexibility index (Phi) is 8.01. The van der Waals surface area contributed by atoms with Crippen LogP contribution in [-0.4, -0.2) is 57.2 Å². The van der Waals surface area contributed by atoms with E-state index in [2.05, 4.69) is 45.6 Å². The fraction of sp³-hybridized carbons (Fsp3) is 0.650. The van der Waals surface area contributed by atoms with E-state index in [1.807, 2.05) is 13.1 Å². The van der Waals surface area contributed by atoms with Crippen LogP contribution in [0.3, 0.4) is 0 Å². The number of guanidine groups is 1. The summed E-state index contributed by atoms with van der Waals surface area (Å²) in [7, 11) is 3.61. The number of halogens is 1. The highest BCUT2D eigenvalue weighted by Crippen LogP contribution is 2.50. The molecule has 1 aliphatic carbocycles. The van der Waals surface area contributed by atoms with Gasteiger partial charge in [-0.05, 0) is 44.8 Å². The Balaban J connectivity index is 0.00000243. The molecule has 146 valence electrons. The highest BCUT2D eigenvalue weighted by molar-refractivity contribution is 14.0. The summed E-state index contributed by atoms with van der Waals surface area (Å²) in [5.41, 5.74) is 1.50. The topological polar surface area (TPSA) is 48.9 Å². The van der Waals surface area contributed by atoms with Gasteiger partial charge in [0.05, 0.1) is 7.11 Å². The van der Waals surface area contributed by atoms with Crippen molar-refractivity contribution in [1.29, 1.82) is 0 Å². The molecule has 2 aliphatic rings. The summed E-state index contributed by atoms with van der Waals surface area (Å²) < 4.78 is 5.56. The summed E-state index contributed by atoms with van der Waals surface area (Å²) in [4.78, 5) is 6.96. The number of rotatable bonds is 7. The second-order valence-corrected chi connectivity index (χ2v) is 7.21. The van der Waals surface area contributed by atoms with Crippen LogP contribution < -0.4 is 15.4 Å². The number of hydrogen-bond donors (Lipinski definition) is 2. The standard InChI is InChI=1S/C20H32N4O.HI/c1-4-24-13-7-8-16(24)14-22-19(21-2)23-15-20(11-12-20)17-9-5-6-10-18(17)25-3;/h5-6,9-10,16H,4,7-8,11-15H2,1-3H3,(H2,21,22,23);1H. The maximum Gasteiger partial charge on any atom is 0.191 e. The second kappa shape index (κ2) is 9.78. The fourth-order valence-electron chi connectivity index (χ4n) is 4.01. The Morgan fingerprint density at radius 3 is 2.73 bits per heavy atom. The molecule has 0 spiro atoms. The number of ether oxygens (including phenoxy) is 1. The van der Waals surface area contributed by atoms with Gasteiger partial charge in [0.2, 0.25) is 0 Å². The molecule has 3 rings (SSSR count). The summed E-state index contributed by atoms with van der Waals surface area (Å²) in [5, 5.41) is 7.07. The molecule has 0 radical (unpaired) electrons. The van der Waals surface area contributed by atoms with Crippen molar-refractivity contribution in [3.63, 3.8) is 0 Å². The molecule has 5 nitrogen and oxygen atoms in total. The molecule has 1 saturated heterocycles. The molecule has 1 aliphatic heterocycles. The largest absolute Gasteiger partial charge is 0.496 e. The van der Waals surface area contributed by atoms with Crippen molar-refractivity contribution < 1.29 is 4.74 Å². The highest BCUT2D eigenvalue weighted by atomic mass is 127. The van der Waals surface area contributed by atoms with Crippen LogP contribution >= 0.6 is 24.0 Å². The molecule has 2 fully saturated rings. The van der Waals surface area contributed by atoms with E-state index in [0.29, 0.717) is 6.04 Å². The van der Waals surface area contributed by atoms with Crippen LogP contribution in [0.1, 0.15) is 38.2 Å². The van der Waals surface area contributed by atoms with Crippen molar-refractivity contribution in [2.45, 2.75) is 44.1 Å². The summed E-state index contributed by atoms with van der Waals surface area (Å²) in [6.07, 6.45) is 4.99. The number of hydrogen-bond acceptors (Lipinski definition) is 3. The third-order valence-corrected chi connectivity index (χ3v) is 5.76. The van der Waals surface area contributed by atoms with E-state index in [0.717, 1.165) is 31.3 Å². The maximum atomic E-state index is 5.56. The average Bonchev–Trinajstić information content (AvgIpc) is 3.31. The average molecular weight is 472 g/mol. The number of methoxy groups -OCH3 is 1. The molecule has 26 heavy (non-hydrogen) atoms. The summed E-state index contributed by atoms with van der Waals surface area (Å²) >= 11 is 0. The van der Waals surface area contributed by atoms with Crippen molar-refractivity contribution >= 4 is 29.9 Å². The van der Waals surface area contributed by atoms with Gasteiger partial charge in [0.15, 0.2) is 5.96 Å². The molecular weight excluding hydrogens is 439 g/mol. The van der Waals surface area contributed by atoms with Crippen LogP contribution in [0, 0.1) is 0 Å². The Morgan fingerprint density at radius 1 is 1.31 bits per heavy atom. The third-order valence-electron chi connectivity index (χ3n) is 5.76. The van der Waals surface area contributed by atoms with Gasteiger partial charge in [0, 0.05) is 37.2 Å². The molecule has 1 heterocycles. The quantitative estimate of drug-likeness (QED) is 0.364. The van der Waals surface area contributed by atoms with Gasteiger partial charge >= 0.3 is 0 Å². The van der Waals surface area contributed by atoms with Gasteiger partial charge in [-0.1, -0.05) is 25.1 Å². The lowest BCUT2D eigenvalue weighted by atomic mass is 9.95. The van der Waals surface area contributed by atoms with Crippen LogP contribution in [0.4, 0.5) is 0 Å². The minimum atomic E-state index is 0. The van der Waals surface area contributed by atoms with Crippen molar-refractivity contribution in [3.05, 3.63) is 29.8 Å². The summed E-state index contributed by atoms with van der Waals surface area (Å²) in [6.45, 7) is 6.47. The Bertz CT molecular complexity index is 603. The smallest absolute Gasteiger partial charge is 0.191 e. The first-order chi connectivity index (χ1) is 12.2. The highest BCUT2D eigenvalue weighted by Gasteiger charge is 2.46. The fourth-order valence-corrected chi connectivity index (χ4v) is 4.01. The molecule has 1 aromatic carbocycles. The minimum absolute atomic E-state index is 0. The second-order valence-electron chi connectivity index (χ2n) is 7.21. The summed E-state index contributed by atoms with van der Waals surface area (Å²) in [5.74, 6) is 1.90. The molecule has 2 N–H and O–H groups in total. The van der Waals surface area contributed by atoms with Gasteiger partial charge in [-0.15, -0.1) is 24.0 Å². The van der Waals surface area contributed by atoms with E-state index in [1.165, 1.54) is 37.8 Å². The molecule has 0 aromatic heterocycles. The number of benzene rings is 1. The lowest BCUT2D eigenvalue weighted by molar-refractivity contribution is 0.267.